The zero-order valence-corrected chi connectivity index (χ0v) is 8.11. The molecule has 3 N–H and O–H groups in total. The molecule has 1 rings (SSSR count). The van der Waals surface area contributed by atoms with Crippen LogP contribution >= 0.6 is 0 Å². The van der Waals surface area contributed by atoms with Gasteiger partial charge in [-0.05, 0) is 0 Å². The van der Waals surface area contributed by atoms with Gasteiger partial charge in [0.1, 0.15) is 6.26 Å². The molecule has 0 bridgehead atoms. The number of amides is 1. The Labute approximate surface area is 85.5 Å². The standard InChI is InChI=1S/C8H11N3O4/c1-9-6(12)2-3-10-8-11-5(4-15-8)7(13)14/h4H,2-3H2,1H3,(H,9,12)(H,10,11)(H,13,14). The van der Waals surface area contributed by atoms with Crippen LogP contribution in [-0.4, -0.2) is 35.6 Å². The predicted octanol–water partition coefficient (Wildman–Crippen LogP) is -0.0792. The van der Waals surface area contributed by atoms with E-state index in [9.17, 15) is 9.59 Å². The molecule has 0 aromatic carbocycles. The van der Waals surface area contributed by atoms with Gasteiger partial charge in [-0.3, -0.25) is 4.79 Å². The van der Waals surface area contributed by atoms with E-state index >= 15 is 0 Å². The lowest BCUT2D eigenvalue weighted by Crippen LogP contribution is -2.20. The van der Waals surface area contributed by atoms with Crippen LogP contribution in [0.2, 0.25) is 0 Å². The van der Waals surface area contributed by atoms with Gasteiger partial charge in [0.25, 0.3) is 6.01 Å². The Morgan fingerprint density at radius 1 is 1.60 bits per heavy atom. The fraction of sp³-hybridized carbons (Fsp3) is 0.375. The fourth-order valence-corrected chi connectivity index (χ4v) is 0.861. The molecule has 82 valence electrons. The smallest absolute Gasteiger partial charge is 0.357 e. The van der Waals surface area contributed by atoms with Crippen LogP contribution in [0.5, 0.6) is 0 Å². The van der Waals surface area contributed by atoms with Gasteiger partial charge in [0.15, 0.2) is 5.69 Å². The Morgan fingerprint density at radius 2 is 2.33 bits per heavy atom. The Bertz CT molecular complexity index is 361. The van der Waals surface area contributed by atoms with Crippen molar-refractivity contribution < 1.29 is 19.1 Å². The first-order valence-electron chi connectivity index (χ1n) is 4.26. The van der Waals surface area contributed by atoms with Crippen LogP contribution in [0.4, 0.5) is 6.01 Å². The summed E-state index contributed by atoms with van der Waals surface area (Å²) in [5.41, 5.74) is -0.169. The number of anilines is 1. The third-order valence-corrected chi connectivity index (χ3v) is 1.63. The van der Waals surface area contributed by atoms with Crippen LogP contribution < -0.4 is 10.6 Å². The molecule has 1 heterocycles. The van der Waals surface area contributed by atoms with E-state index in [4.69, 9.17) is 9.52 Å². The van der Waals surface area contributed by atoms with Crippen LogP contribution in [0.3, 0.4) is 0 Å². The van der Waals surface area contributed by atoms with E-state index in [1.165, 1.54) is 7.05 Å². The van der Waals surface area contributed by atoms with E-state index in [0.29, 0.717) is 6.54 Å². The molecule has 1 aromatic rings. The summed E-state index contributed by atoms with van der Waals surface area (Å²) in [5.74, 6) is -1.27. The van der Waals surface area contributed by atoms with Gasteiger partial charge in [-0.25, -0.2) is 4.79 Å². The number of hydrogen-bond donors (Lipinski definition) is 3. The predicted molar refractivity (Wildman–Crippen MR) is 50.6 cm³/mol. The second-order valence-corrected chi connectivity index (χ2v) is 2.69. The number of nitrogens with one attached hydrogen (secondary N) is 2. The number of carboxylic acid groups (broad SMARTS) is 1. The zero-order valence-electron chi connectivity index (χ0n) is 8.11. The Hall–Kier alpha value is -2.05. The van der Waals surface area contributed by atoms with Crippen LogP contribution in [0, 0.1) is 0 Å². The third kappa shape index (κ3) is 3.29. The lowest BCUT2D eigenvalue weighted by Gasteiger charge is -1.99. The lowest BCUT2D eigenvalue weighted by atomic mass is 10.4. The summed E-state index contributed by atoms with van der Waals surface area (Å²) in [6.07, 6.45) is 1.30. The minimum atomic E-state index is -1.15. The van der Waals surface area contributed by atoms with Crippen molar-refractivity contribution in [3.8, 4) is 0 Å². The van der Waals surface area contributed by atoms with Gasteiger partial charge in [-0.1, -0.05) is 0 Å². The maximum atomic E-state index is 10.8. The van der Waals surface area contributed by atoms with Crippen LogP contribution in [0.15, 0.2) is 10.7 Å². The number of carboxylic acids is 1. The molecule has 0 aliphatic heterocycles. The zero-order chi connectivity index (χ0) is 11.3. The topological polar surface area (TPSA) is 104 Å². The highest BCUT2D eigenvalue weighted by Crippen LogP contribution is 2.06. The lowest BCUT2D eigenvalue weighted by molar-refractivity contribution is -0.120. The number of hydrogen-bond acceptors (Lipinski definition) is 5. The summed E-state index contributed by atoms with van der Waals surface area (Å²) in [5, 5.41) is 13.7. The fourth-order valence-electron chi connectivity index (χ4n) is 0.861. The molecule has 0 radical (unpaired) electrons. The Kier molecular flexibility index (Phi) is 3.67. The quantitative estimate of drug-likeness (QED) is 0.632. The molecule has 0 unspecified atom stereocenters. The minimum absolute atomic E-state index is 0.0938. The van der Waals surface area contributed by atoms with Crippen LogP contribution in [0.1, 0.15) is 16.9 Å². The van der Waals surface area contributed by atoms with Crippen molar-refractivity contribution in [1.82, 2.24) is 10.3 Å². The monoisotopic (exact) mass is 213 g/mol. The highest BCUT2D eigenvalue weighted by molar-refractivity contribution is 5.85. The maximum Gasteiger partial charge on any atom is 0.357 e. The van der Waals surface area contributed by atoms with Crippen LogP contribution in [-0.2, 0) is 4.79 Å². The number of aromatic carboxylic acids is 1. The van der Waals surface area contributed by atoms with Crippen molar-refractivity contribution in [3.05, 3.63) is 12.0 Å². The number of carbonyl (C=O) groups is 2. The number of carbonyl (C=O) groups excluding carboxylic acids is 1. The van der Waals surface area contributed by atoms with E-state index in [1.807, 2.05) is 0 Å². The molecule has 0 saturated heterocycles. The average Bonchev–Trinajstić information content (AvgIpc) is 2.66. The molecule has 0 saturated carbocycles. The van der Waals surface area contributed by atoms with Gasteiger partial charge < -0.3 is 20.2 Å². The van der Waals surface area contributed by atoms with E-state index in [-0.39, 0.29) is 24.0 Å². The Morgan fingerprint density at radius 3 is 2.87 bits per heavy atom. The molecule has 7 nitrogen and oxygen atoms in total. The minimum Gasteiger partial charge on any atom is -0.476 e. The first kappa shape index (κ1) is 11.0. The first-order valence-corrected chi connectivity index (χ1v) is 4.26. The number of aromatic nitrogens is 1. The van der Waals surface area contributed by atoms with Gasteiger partial charge in [0, 0.05) is 20.0 Å². The molecule has 1 aromatic heterocycles. The second kappa shape index (κ2) is 4.99. The third-order valence-electron chi connectivity index (χ3n) is 1.63. The number of oxazole rings is 1. The summed E-state index contributed by atoms with van der Waals surface area (Å²) in [6.45, 7) is 0.333. The van der Waals surface area contributed by atoms with Gasteiger partial charge in [0.2, 0.25) is 5.91 Å². The van der Waals surface area contributed by atoms with Gasteiger partial charge >= 0.3 is 5.97 Å². The largest absolute Gasteiger partial charge is 0.476 e. The van der Waals surface area contributed by atoms with Crippen molar-refractivity contribution in [3.63, 3.8) is 0 Å². The number of nitrogens with zero attached hydrogens (tertiary/aromatic N) is 1. The van der Waals surface area contributed by atoms with E-state index in [0.717, 1.165) is 6.26 Å². The molecule has 0 aliphatic carbocycles. The van der Waals surface area contributed by atoms with Crippen molar-refractivity contribution >= 4 is 17.9 Å². The molecule has 1 amide bonds. The molecular formula is C8H11N3O4. The molecular weight excluding hydrogens is 202 g/mol. The van der Waals surface area contributed by atoms with Crippen molar-refractivity contribution in [2.45, 2.75) is 6.42 Å². The molecule has 0 aliphatic rings. The molecule has 15 heavy (non-hydrogen) atoms. The normalized spacial score (nSPS) is 9.67. The molecule has 7 heteroatoms. The molecule has 0 fully saturated rings. The summed E-state index contributed by atoms with van der Waals surface area (Å²) in [4.78, 5) is 24.9. The van der Waals surface area contributed by atoms with Crippen LogP contribution in [0.25, 0.3) is 0 Å². The van der Waals surface area contributed by atoms with E-state index in [2.05, 4.69) is 15.6 Å². The van der Waals surface area contributed by atoms with Crippen molar-refractivity contribution in [1.29, 1.82) is 0 Å². The van der Waals surface area contributed by atoms with Crippen molar-refractivity contribution in [2.75, 3.05) is 18.9 Å². The summed E-state index contributed by atoms with van der Waals surface area (Å²) >= 11 is 0. The highest BCUT2D eigenvalue weighted by Gasteiger charge is 2.09. The van der Waals surface area contributed by atoms with Gasteiger partial charge in [0.05, 0.1) is 0 Å². The first-order chi connectivity index (χ1) is 7.13. The maximum absolute atomic E-state index is 10.8. The number of rotatable bonds is 5. The molecule has 0 atom stereocenters. The van der Waals surface area contributed by atoms with E-state index < -0.39 is 5.97 Å². The average molecular weight is 213 g/mol. The van der Waals surface area contributed by atoms with E-state index in [1.54, 1.807) is 0 Å². The highest BCUT2D eigenvalue weighted by atomic mass is 16.4. The summed E-state index contributed by atoms with van der Waals surface area (Å²) in [6, 6.07) is 0.0938. The Balaban J connectivity index is 2.38. The SMILES string of the molecule is CNC(=O)CCNc1nc(C(=O)O)co1. The molecule has 0 spiro atoms. The summed E-state index contributed by atoms with van der Waals surface area (Å²) in [7, 11) is 1.54. The van der Waals surface area contributed by atoms with Crippen molar-refractivity contribution in [2.24, 2.45) is 0 Å². The van der Waals surface area contributed by atoms with Gasteiger partial charge in [-0.2, -0.15) is 4.98 Å². The van der Waals surface area contributed by atoms with Gasteiger partial charge in [-0.15, -0.1) is 0 Å². The second-order valence-electron chi connectivity index (χ2n) is 2.69. The summed E-state index contributed by atoms with van der Waals surface area (Å²) < 4.78 is 4.81.